The summed E-state index contributed by atoms with van der Waals surface area (Å²) in [5, 5.41) is 16.1. The molecule has 106 valence electrons. The van der Waals surface area contributed by atoms with Crippen LogP contribution in [0.5, 0.6) is 0 Å². The molecule has 20 heavy (non-hydrogen) atoms. The fraction of sp³-hybridized carbons (Fsp3) is 0.500. The lowest BCUT2D eigenvalue weighted by Crippen LogP contribution is -2.43. The highest BCUT2D eigenvalue weighted by molar-refractivity contribution is 5.37. The Morgan fingerprint density at radius 1 is 1.30 bits per heavy atom. The molecule has 0 unspecified atom stereocenters. The summed E-state index contributed by atoms with van der Waals surface area (Å²) in [6.07, 6.45) is 7.75. The maximum Gasteiger partial charge on any atom is 0.241 e. The van der Waals surface area contributed by atoms with Crippen LogP contribution in [0.4, 0.5) is 11.9 Å². The normalized spacial score (nSPS) is 16.5. The van der Waals surface area contributed by atoms with Crippen LogP contribution >= 0.6 is 0 Å². The molecule has 0 amide bonds. The minimum Gasteiger partial charge on any atom is -0.388 e. The summed E-state index contributed by atoms with van der Waals surface area (Å²) in [5.74, 6) is 1.38. The minimum atomic E-state index is -0.623. The molecule has 2 aromatic rings. The van der Waals surface area contributed by atoms with Gasteiger partial charge in [0.15, 0.2) is 0 Å². The second-order valence-electron chi connectivity index (χ2n) is 4.93. The topological polar surface area (TPSA) is 101 Å². The quantitative estimate of drug-likeness (QED) is 0.727. The number of rotatable bonds is 5. The number of anilines is 2. The lowest BCUT2D eigenvalue weighted by Gasteiger charge is -2.36. The molecule has 1 saturated carbocycles. The third-order valence-electron chi connectivity index (χ3n) is 3.44. The summed E-state index contributed by atoms with van der Waals surface area (Å²) in [6, 6.07) is 0. The van der Waals surface area contributed by atoms with Crippen molar-refractivity contribution in [3.63, 3.8) is 0 Å². The van der Waals surface area contributed by atoms with Gasteiger partial charge in [-0.3, -0.25) is 4.57 Å². The van der Waals surface area contributed by atoms with E-state index in [1.807, 2.05) is 0 Å². The van der Waals surface area contributed by atoms with E-state index in [4.69, 9.17) is 0 Å². The van der Waals surface area contributed by atoms with Crippen LogP contribution in [0, 0.1) is 0 Å². The van der Waals surface area contributed by atoms with Crippen LogP contribution in [0.3, 0.4) is 0 Å². The molecule has 2 heterocycles. The summed E-state index contributed by atoms with van der Waals surface area (Å²) in [6.45, 7) is 0.448. The largest absolute Gasteiger partial charge is 0.388 e. The van der Waals surface area contributed by atoms with Crippen molar-refractivity contribution in [2.75, 3.05) is 24.2 Å². The van der Waals surface area contributed by atoms with Gasteiger partial charge in [0.25, 0.3) is 0 Å². The van der Waals surface area contributed by atoms with Crippen molar-refractivity contribution in [1.82, 2.24) is 24.5 Å². The average molecular weight is 275 g/mol. The van der Waals surface area contributed by atoms with Gasteiger partial charge >= 0.3 is 0 Å². The zero-order valence-corrected chi connectivity index (χ0v) is 11.2. The van der Waals surface area contributed by atoms with Gasteiger partial charge in [0.2, 0.25) is 17.8 Å². The molecular formula is C12H17N7O. The first kappa shape index (κ1) is 12.8. The summed E-state index contributed by atoms with van der Waals surface area (Å²) >= 11 is 0. The van der Waals surface area contributed by atoms with E-state index in [-0.39, 0.29) is 0 Å². The van der Waals surface area contributed by atoms with Crippen molar-refractivity contribution < 1.29 is 5.11 Å². The molecule has 2 aromatic heterocycles. The molecule has 0 saturated heterocycles. The zero-order chi connectivity index (χ0) is 14.0. The first-order chi connectivity index (χ1) is 9.68. The lowest BCUT2D eigenvalue weighted by atomic mass is 9.80. The molecule has 0 spiro atoms. The Morgan fingerprint density at radius 2 is 2.10 bits per heavy atom. The van der Waals surface area contributed by atoms with E-state index in [1.165, 1.54) is 0 Å². The second kappa shape index (κ2) is 5.04. The molecule has 8 nitrogen and oxygen atoms in total. The molecule has 3 N–H and O–H groups in total. The molecular weight excluding hydrogens is 258 g/mol. The van der Waals surface area contributed by atoms with Crippen LogP contribution < -0.4 is 10.6 Å². The smallest absolute Gasteiger partial charge is 0.241 e. The molecule has 3 rings (SSSR count). The number of aromatic nitrogens is 5. The van der Waals surface area contributed by atoms with Crippen molar-refractivity contribution in [2.24, 2.45) is 0 Å². The predicted molar refractivity (Wildman–Crippen MR) is 73.8 cm³/mol. The highest BCUT2D eigenvalue weighted by Crippen LogP contribution is 2.31. The van der Waals surface area contributed by atoms with Gasteiger partial charge in [-0.1, -0.05) is 0 Å². The first-order valence-electron chi connectivity index (χ1n) is 6.57. The monoisotopic (exact) mass is 275 g/mol. The van der Waals surface area contributed by atoms with Crippen LogP contribution in [0.15, 0.2) is 18.7 Å². The van der Waals surface area contributed by atoms with Crippen LogP contribution in [-0.4, -0.2) is 48.8 Å². The number of imidazole rings is 1. The lowest BCUT2D eigenvalue weighted by molar-refractivity contribution is -0.0203. The Labute approximate surface area is 116 Å². The third kappa shape index (κ3) is 2.55. The fourth-order valence-electron chi connectivity index (χ4n) is 2.05. The van der Waals surface area contributed by atoms with Gasteiger partial charge in [-0.2, -0.15) is 15.0 Å². The summed E-state index contributed by atoms with van der Waals surface area (Å²) in [7, 11) is 1.75. The highest BCUT2D eigenvalue weighted by Gasteiger charge is 2.34. The van der Waals surface area contributed by atoms with Gasteiger partial charge in [0.1, 0.15) is 6.33 Å². The molecule has 0 bridgehead atoms. The van der Waals surface area contributed by atoms with Gasteiger partial charge in [-0.25, -0.2) is 4.98 Å². The van der Waals surface area contributed by atoms with Gasteiger partial charge in [0, 0.05) is 26.0 Å². The predicted octanol–water partition coefficient (Wildman–Crippen LogP) is 0.426. The van der Waals surface area contributed by atoms with Gasteiger partial charge in [-0.05, 0) is 19.3 Å². The highest BCUT2D eigenvalue weighted by atomic mass is 16.3. The van der Waals surface area contributed by atoms with Crippen LogP contribution in [0.1, 0.15) is 19.3 Å². The first-order valence-corrected chi connectivity index (χ1v) is 6.57. The maximum absolute atomic E-state index is 10.1. The van der Waals surface area contributed by atoms with Crippen molar-refractivity contribution in [3.05, 3.63) is 18.7 Å². The van der Waals surface area contributed by atoms with Gasteiger partial charge < -0.3 is 15.7 Å². The second-order valence-corrected chi connectivity index (χ2v) is 4.93. The van der Waals surface area contributed by atoms with E-state index in [0.717, 1.165) is 19.3 Å². The molecule has 1 aliphatic carbocycles. The number of nitrogens with one attached hydrogen (secondary N) is 2. The van der Waals surface area contributed by atoms with Crippen LogP contribution in [-0.2, 0) is 0 Å². The summed E-state index contributed by atoms with van der Waals surface area (Å²) in [4.78, 5) is 16.8. The van der Waals surface area contributed by atoms with E-state index in [9.17, 15) is 5.11 Å². The standard InChI is InChI=1S/C12H17N7O/c1-13-9-16-10(15-7-12(20)3-2-4-12)18-11(17-9)19-6-5-14-8-19/h5-6,8,20H,2-4,7H2,1H3,(H2,13,15,16,17,18). The molecule has 1 fully saturated rings. The maximum atomic E-state index is 10.1. The van der Waals surface area contributed by atoms with Crippen molar-refractivity contribution >= 4 is 11.9 Å². The molecule has 0 aromatic carbocycles. The van der Waals surface area contributed by atoms with E-state index in [0.29, 0.717) is 24.4 Å². The Bertz CT molecular complexity index is 579. The molecule has 0 aliphatic heterocycles. The Hall–Kier alpha value is -2.22. The van der Waals surface area contributed by atoms with E-state index in [1.54, 1.807) is 30.3 Å². The number of hydrogen-bond acceptors (Lipinski definition) is 7. The van der Waals surface area contributed by atoms with Gasteiger partial charge in [0.05, 0.1) is 5.60 Å². The number of nitrogens with zero attached hydrogens (tertiary/aromatic N) is 5. The molecule has 0 radical (unpaired) electrons. The van der Waals surface area contributed by atoms with Crippen LogP contribution in [0.2, 0.25) is 0 Å². The molecule has 8 heteroatoms. The minimum absolute atomic E-state index is 0.438. The van der Waals surface area contributed by atoms with Crippen molar-refractivity contribution in [3.8, 4) is 5.95 Å². The third-order valence-corrected chi connectivity index (χ3v) is 3.44. The van der Waals surface area contributed by atoms with E-state index >= 15 is 0 Å². The van der Waals surface area contributed by atoms with Crippen molar-refractivity contribution in [2.45, 2.75) is 24.9 Å². The van der Waals surface area contributed by atoms with E-state index in [2.05, 4.69) is 30.6 Å². The number of aliphatic hydroxyl groups is 1. The Kier molecular flexibility index (Phi) is 3.23. The van der Waals surface area contributed by atoms with Crippen LogP contribution in [0.25, 0.3) is 5.95 Å². The Balaban J connectivity index is 1.81. The average Bonchev–Trinajstić information content (AvgIpc) is 2.97. The van der Waals surface area contributed by atoms with Crippen molar-refractivity contribution in [1.29, 1.82) is 0 Å². The zero-order valence-electron chi connectivity index (χ0n) is 11.2. The molecule has 0 atom stereocenters. The van der Waals surface area contributed by atoms with E-state index < -0.39 is 5.60 Å². The number of hydrogen-bond donors (Lipinski definition) is 3. The molecule has 1 aliphatic rings. The van der Waals surface area contributed by atoms with Gasteiger partial charge in [-0.15, -0.1) is 0 Å². The summed E-state index contributed by atoms with van der Waals surface area (Å²) in [5.41, 5.74) is -0.623. The SMILES string of the molecule is CNc1nc(NCC2(O)CCC2)nc(-n2ccnc2)n1. The Morgan fingerprint density at radius 3 is 2.70 bits per heavy atom. The fourth-order valence-corrected chi connectivity index (χ4v) is 2.05. The summed E-state index contributed by atoms with van der Waals surface area (Å²) < 4.78 is 1.70.